The van der Waals surface area contributed by atoms with E-state index < -0.39 is 0 Å². The second-order valence-electron chi connectivity index (χ2n) is 5.38. The predicted molar refractivity (Wildman–Crippen MR) is 77.4 cm³/mol. The SMILES string of the molecule is Cc1ccc(SNC(C)(C)C)c2ccccc12. The van der Waals surface area contributed by atoms with Crippen molar-refractivity contribution in [3.8, 4) is 0 Å². The van der Waals surface area contributed by atoms with E-state index in [1.54, 1.807) is 11.9 Å². The van der Waals surface area contributed by atoms with E-state index in [0.29, 0.717) is 0 Å². The van der Waals surface area contributed by atoms with Crippen molar-refractivity contribution >= 4 is 22.7 Å². The van der Waals surface area contributed by atoms with Crippen LogP contribution in [0.4, 0.5) is 0 Å². The smallest absolute Gasteiger partial charge is 0.0306 e. The van der Waals surface area contributed by atoms with Crippen molar-refractivity contribution in [3.05, 3.63) is 42.0 Å². The van der Waals surface area contributed by atoms with E-state index >= 15 is 0 Å². The minimum Gasteiger partial charge on any atom is -0.255 e. The summed E-state index contributed by atoms with van der Waals surface area (Å²) < 4.78 is 3.47. The Kier molecular flexibility index (Phi) is 3.45. The molecular weight excluding hydrogens is 226 g/mol. The fourth-order valence-electron chi connectivity index (χ4n) is 1.72. The molecule has 0 spiro atoms. The molecule has 1 nitrogen and oxygen atoms in total. The molecule has 0 aromatic heterocycles. The quantitative estimate of drug-likeness (QED) is 0.779. The Morgan fingerprint density at radius 1 is 0.941 bits per heavy atom. The Morgan fingerprint density at radius 3 is 2.24 bits per heavy atom. The van der Waals surface area contributed by atoms with Gasteiger partial charge in [0.15, 0.2) is 0 Å². The number of benzene rings is 2. The molecule has 0 heterocycles. The fraction of sp³-hybridized carbons (Fsp3) is 0.333. The Balaban J connectivity index is 2.38. The molecule has 0 fully saturated rings. The van der Waals surface area contributed by atoms with Gasteiger partial charge in [0.1, 0.15) is 0 Å². The van der Waals surface area contributed by atoms with Crippen LogP contribution in [0.3, 0.4) is 0 Å². The van der Waals surface area contributed by atoms with Crippen LogP contribution >= 0.6 is 11.9 Å². The Morgan fingerprint density at radius 2 is 1.59 bits per heavy atom. The van der Waals surface area contributed by atoms with Crippen molar-refractivity contribution in [2.24, 2.45) is 0 Å². The van der Waals surface area contributed by atoms with Crippen molar-refractivity contribution < 1.29 is 0 Å². The van der Waals surface area contributed by atoms with Gasteiger partial charge in [-0.05, 0) is 62.0 Å². The number of rotatable bonds is 2. The maximum atomic E-state index is 3.47. The normalized spacial score (nSPS) is 12.0. The van der Waals surface area contributed by atoms with Crippen molar-refractivity contribution in [2.75, 3.05) is 0 Å². The molecule has 0 amide bonds. The van der Waals surface area contributed by atoms with Crippen LogP contribution < -0.4 is 4.72 Å². The second-order valence-corrected chi connectivity index (χ2v) is 6.23. The molecule has 0 unspecified atom stereocenters. The van der Waals surface area contributed by atoms with Gasteiger partial charge in [-0.25, -0.2) is 0 Å². The van der Waals surface area contributed by atoms with Crippen molar-refractivity contribution in [2.45, 2.75) is 38.1 Å². The lowest BCUT2D eigenvalue weighted by Gasteiger charge is -2.20. The predicted octanol–water partition coefficient (Wildman–Crippen LogP) is 4.54. The highest BCUT2D eigenvalue weighted by Crippen LogP contribution is 2.29. The zero-order valence-corrected chi connectivity index (χ0v) is 11.7. The third kappa shape index (κ3) is 3.02. The zero-order chi connectivity index (χ0) is 12.5. The van der Waals surface area contributed by atoms with E-state index in [9.17, 15) is 0 Å². The summed E-state index contributed by atoms with van der Waals surface area (Å²) in [4.78, 5) is 1.29. The first-order valence-electron chi connectivity index (χ1n) is 5.90. The topological polar surface area (TPSA) is 12.0 Å². The van der Waals surface area contributed by atoms with E-state index in [2.05, 4.69) is 68.8 Å². The molecule has 0 atom stereocenters. The molecule has 0 aliphatic rings. The first-order valence-corrected chi connectivity index (χ1v) is 6.71. The Hall–Kier alpha value is -0.990. The second kappa shape index (κ2) is 4.71. The minimum absolute atomic E-state index is 0.122. The van der Waals surface area contributed by atoms with Crippen LogP contribution in [0.5, 0.6) is 0 Å². The van der Waals surface area contributed by atoms with Gasteiger partial charge in [0.05, 0.1) is 0 Å². The van der Waals surface area contributed by atoms with E-state index in [1.165, 1.54) is 21.2 Å². The maximum Gasteiger partial charge on any atom is 0.0306 e. The third-order valence-corrected chi connectivity index (χ3v) is 3.86. The number of nitrogens with one attached hydrogen (secondary N) is 1. The van der Waals surface area contributed by atoms with Gasteiger partial charge in [-0.2, -0.15) is 0 Å². The van der Waals surface area contributed by atoms with Crippen LogP contribution in [0.15, 0.2) is 41.3 Å². The van der Waals surface area contributed by atoms with Crippen LogP contribution in [0.25, 0.3) is 10.8 Å². The minimum atomic E-state index is 0.122. The maximum absolute atomic E-state index is 3.47. The van der Waals surface area contributed by atoms with Crippen molar-refractivity contribution in [1.82, 2.24) is 4.72 Å². The average molecular weight is 245 g/mol. The molecule has 0 bridgehead atoms. The summed E-state index contributed by atoms with van der Waals surface area (Å²) in [5.41, 5.74) is 1.46. The molecule has 0 radical (unpaired) electrons. The zero-order valence-electron chi connectivity index (χ0n) is 10.9. The van der Waals surface area contributed by atoms with E-state index in [-0.39, 0.29) is 5.54 Å². The van der Waals surface area contributed by atoms with Crippen LogP contribution in [-0.4, -0.2) is 5.54 Å². The van der Waals surface area contributed by atoms with Gasteiger partial charge in [-0.3, -0.25) is 4.72 Å². The molecule has 2 rings (SSSR count). The fourth-order valence-corrected chi connectivity index (χ4v) is 2.56. The third-order valence-electron chi connectivity index (χ3n) is 2.57. The van der Waals surface area contributed by atoms with Gasteiger partial charge < -0.3 is 0 Å². The summed E-state index contributed by atoms with van der Waals surface area (Å²) in [5, 5.41) is 2.67. The van der Waals surface area contributed by atoms with Gasteiger partial charge in [-0.1, -0.05) is 30.3 Å². The van der Waals surface area contributed by atoms with Crippen LogP contribution in [-0.2, 0) is 0 Å². The highest BCUT2D eigenvalue weighted by atomic mass is 32.2. The molecule has 0 aliphatic carbocycles. The van der Waals surface area contributed by atoms with Gasteiger partial charge in [0, 0.05) is 10.4 Å². The molecule has 0 aliphatic heterocycles. The molecule has 17 heavy (non-hydrogen) atoms. The molecule has 0 saturated heterocycles. The number of aryl methyl sites for hydroxylation is 1. The number of fused-ring (bicyclic) bond motifs is 1. The van der Waals surface area contributed by atoms with Crippen molar-refractivity contribution in [1.29, 1.82) is 0 Å². The lowest BCUT2D eigenvalue weighted by molar-refractivity contribution is 0.535. The number of hydrogen-bond donors (Lipinski definition) is 1. The Bertz CT molecular complexity index is 526. The molecule has 2 heteroatoms. The largest absolute Gasteiger partial charge is 0.255 e. The number of hydrogen-bond acceptors (Lipinski definition) is 2. The molecule has 2 aromatic rings. The summed E-state index contributed by atoms with van der Waals surface area (Å²) in [5.74, 6) is 0. The van der Waals surface area contributed by atoms with Crippen LogP contribution in [0, 0.1) is 6.92 Å². The summed E-state index contributed by atoms with van der Waals surface area (Å²) in [6.45, 7) is 8.69. The van der Waals surface area contributed by atoms with E-state index in [1.807, 2.05) is 0 Å². The summed E-state index contributed by atoms with van der Waals surface area (Å²) in [6.07, 6.45) is 0. The summed E-state index contributed by atoms with van der Waals surface area (Å²) in [7, 11) is 0. The summed E-state index contributed by atoms with van der Waals surface area (Å²) >= 11 is 1.72. The molecule has 2 aromatic carbocycles. The first-order chi connectivity index (χ1) is 7.97. The molecular formula is C15H19NS. The highest BCUT2D eigenvalue weighted by molar-refractivity contribution is 7.97. The summed E-state index contributed by atoms with van der Waals surface area (Å²) in [6, 6.07) is 13.0. The van der Waals surface area contributed by atoms with Gasteiger partial charge in [0.25, 0.3) is 0 Å². The molecule has 1 N–H and O–H groups in total. The van der Waals surface area contributed by atoms with Crippen LogP contribution in [0.1, 0.15) is 26.3 Å². The monoisotopic (exact) mass is 245 g/mol. The van der Waals surface area contributed by atoms with Crippen LogP contribution in [0.2, 0.25) is 0 Å². The van der Waals surface area contributed by atoms with Gasteiger partial charge >= 0.3 is 0 Å². The standard InChI is InChI=1S/C15H19NS/c1-11-9-10-14(17-16-15(2,3)4)13-8-6-5-7-12(11)13/h5-10,16H,1-4H3. The van der Waals surface area contributed by atoms with E-state index in [4.69, 9.17) is 0 Å². The average Bonchev–Trinajstić information content (AvgIpc) is 2.27. The first kappa shape index (κ1) is 12.5. The lowest BCUT2D eigenvalue weighted by atomic mass is 10.1. The van der Waals surface area contributed by atoms with Gasteiger partial charge in [0.2, 0.25) is 0 Å². The van der Waals surface area contributed by atoms with Crippen molar-refractivity contribution in [3.63, 3.8) is 0 Å². The lowest BCUT2D eigenvalue weighted by Crippen LogP contribution is -2.29. The highest BCUT2D eigenvalue weighted by Gasteiger charge is 2.11. The van der Waals surface area contributed by atoms with E-state index in [0.717, 1.165) is 0 Å². The molecule has 0 saturated carbocycles. The Labute approximate surface area is 108 Å². The van der Waals surface area contributed by atoms with Gasteiger partial charge in [-0.15, -0.1) is 0 Å². The molecule has 90 valence electrons.